The van der Waals surface area contributed by atoms with Gasteiger partial charge in [0, 0.05) is 32.8 Å². The molecule has 2 N–H and O–H groups in total. The molecule has 2 atom stereocenters. The number of ether oxygens (including phenoxy) is 1. The second kappa shape index (κ2) is 10.00. The van der Waals surface area contributed by atoms with E-state index in [4.69, 9.17) is 4.74 Å². The van der Waals surface area contributed by atoms with Crippen molar-refractivity contribution in [3.8, 4) is 0 Å². The van der Waals surface area contributed by atoms with Crippen LogP contribution in [0.2, 0.25) is 0 Å². The number of guanidine groups is 1. The van der Waals surface area contributed by atoms with Crippen molar-refractivity contribution in [1.82, 2.24) is 15.5 Å². The van der Waals surface area contributed by atoms with Crippen molar-refractivity contribution in [2.75, 3.05) is 46.4 Å². The summed E-state index contributed by atoms with van der Waals surface area (Å²) in [6.45, 7) is 12.5. The Kier molecular flexibility index (Phi) is 8.62. The van der Waals surface area contributed by atoms with Gasteiger partial charge >= 0.3 is 0 Å². The predicted octanol–water partition coefficient (Wildman–Crippen LogP) is 1.31. The molecule has 5 heteroatoms. The van der Waals surface area contributed by atoms with Crippen molar-refractivity contribution in [1.29, 1.82) is 0 Å². The minimum Gasteiger partial charge on any atom is -0.383 e. The number of piperidine rings is 1. The molecule has 0 amide bonds. The van der Waals surface area contributed by atoms with E-state index in [-0.39, 0.29) is 6.04 Å². The van der Waals surface area contributed by atoms with Gasteiger partial charge in [0.1, 0.15) is 0 Å². The maximum Gasteiger partial charge on any atom is 0.191 e. The van der Waals surface area contributed by atoms with Crippen LogP contribution in [0, 0.1) is 5.92 Å². The van der Waals surface area contributed by atoms with E-state index in [9.17, 15) is 0 Å². The number of rotatable bonds is 7. The summed E-state index contributed by atoms with van der Waals surface area (Å²) >= 11 is 0. The van der Waals surface area contributed by atoms with Crippen LogP contribution in [0.5, 0.6) is 0 Å². The van der Waals surface area contributed by atoms with Gasteiger partial charge in [0.15, 0.2) is 5.96 Å². The van der Waals surface area contributed by atoms with Crippen LogP contribution in [0.1, 0.15) is 33.6 Å². The third kappa shape index (κ3) is 7.10. The first-order valence-corrected chi connectivity index (χ1v) is 7.91. The maximum atomic E-state index is 5.14. The highest BCUT2D eigenvalue weighted by Crippen LogP contribution is 2.14. The summed E-state index contributed by atoms with van der Waals surface area (Å²) < 4.78 is 5.14. The van der Waals surface area contributed by atoms with Crippen molar-refractivity contribution in [2.24, 2.45) is 10.9 Å². The molecule has 1 aliphatic rings. The first-order chi connectivity index (χ1) is 9.65. The van der Waals surface area contributed by atoms with Gasteiger partial charge in [-0.1, -0.05) is 6.92 Å². The zero-order valence-corrected chi connectivity index (χ0v) is 13.6. The molecule has 0 aliphatic carbocycles. The molecule has 0 spiro atoms. The van der Waals surface area contributed by atoms with Gasteiger partial charge in [-0.2, -0.15) is 0 Å². The minimum absolute atomic E-state index is 0.271. The van der Waals surface area contributed by atoms with Crippen LogP contribution in [0.3, 0.4) is 0 Å². The summed E-state index contributed by atoms with van der Waals surface area (Å²) in [5.74, 6) is 1.72. The van der Waals surface area contributed by atoms with Crippen LogP contribution >= 0.6 is 0 Å². The molecule has 1 fully saturated rings. The van der Waals surface area contributed by atoms with E-state index in [1.165, 1.54) is 25.9 Å². The lowest BCUT2D eigenvalue weighted by atomic mass is 10.0. The molecule has 0 aromatic heterocycles. The topological polar surface area (TPSA) is 48.9 Å². The van der Waals surface area contributed by atoms with E-state index in [1.54, 1.807) is 7.11 Å². The zero-order chi connectivity index (χ0) is 14.8. The molecule has 1 saturated heterocycles. The lowest BCUT2D eigenvalue weighted by molar-refractivity contribution is 0.178. The lowest BCUT2D eigenvalue weighted by Gasteiger charge is -2.30. The number of hydrogen-bond acceptors (Lipinski definition) is 3. The number of hydrogen-bond donors (Lipinski definition) is 2. The van der Waals surface area contributed by atoms with E-state index >= 15 is 0 Å². The Morgan fingerprint density at radius 1 is 1.50 bits per heavy atom. The van der Waals surface area contributed by atoms with Crippen LogP contribution in [0.15, 0.2) is 4.99 Å². The van der Waals surface area contributed by atoms with Crippen LogP contribution in [-0.4, -0.2) is 63.3 Å². The van der Waals surface area contributed by atoms with Gasteiger partial charge in [0.05, 0.1) is 13.2 Å². The second-order valence-electron chi connectivity index (χ2n) is 5.81. The summed E-state index contributed by atoms with van der Waals surface area (Å²) in [5.41, 5.74) is 0. The van der Waals surface area contributed by atoms with Gasteiger partial charge in [-0.25, -0.2) is 0 Å². The summed E-state index contributed by atoms with van der Waals surface area (Å²) in [5, 5.41) is 6.64. The minimum atomic E-state index is 0.271. The Balaban J connectivity index is 2.33. The summed E-state index contributed by atoms with van der Waals surface area (Å²) in [7, 11) is 1.72. The molecule has 118 valence electrons. The maximum absolute atomic E-state index is 5.14. The Morgan fingerprint density at radius 2 is 2.30 bits per heavy atom. The molecule has 0 saturated carbocycles. The van der Waals surface area contributed by atoms with Gasteiger partial charge in [-0.3, -0.25) is 4.99 Å². The molecule has 1 rings (SSSR count). The Hall–Kier alpha value is -0.810. The Labute approximate surface area is 124 Å². The number of methoxy groups -OCH3 is 1. The first kappa shape index (κ1) is 17.2. The van der Waals surface area contributed by atoms with Crippen molar-refractivity contribution < 1.29 is 4.74 Å². The first-order valence-electron chi connectivity index (χ1n) is 7.91. The van der Waals surface area contributed by atoms with Crippen LogP contribution in [0.4, 0.5) is 0 Å². The number of aliphatic imine (C=N–C) groups is 1. The monoisotopic (exact) mass is 284 g/mol. The highest BCUT2D eigenvalue weighted by atomic mass is 16.5. The van der Waals surface area contributed by atoms with Crippen LogP contribution in [0.25, 0.3) is 0 Å². The quantitative estimate of drug-likeness (QED) is 0.547. The highest BCUT2D eigenvalue weighted by molar-refractivity contribution is 5.80. The van der Waals surface area contributed by atoms with E-state index in [0.717, 1.165) is 31.5 Å². The molecular formula is C15H32N4O. The highest BCUT2D eigenvalue weighted by Gasteiger charge is 2.15. The number of nitrogens with zero attached hydrogens (tertiary/aromatic N) is 2. The molecule has 0 bridgehead atoms. The zero-order valence-electron chi connectivity index (χ0n) is 13.6. The fourth-order valence-electron chi connectivity index (χ4n) is 2.64. The van der Waals surface area contributed by atoms with Crippen LogP contribution in [-0.2, 0) is 4.74 Å². The fourth-order valence-corrected chi connectivity index (χ4v) is 2.64. The van der Waals surface area contributed by atoms with Crippen molar-refractivity contribution in [2.45, 2.75) is 39.7 Å². The average Bonchev–Trinajstić information content (AvgIpc) is 2.39. The smallest absolute Gasteiger partial charge is 0.191 e. The van der Waals surface area contributed by atoms with Gasteiger partial charge < -0.3 is 20.3 Å². The van der Waals surface area contributed by atoms with Crippen molar-refractivity contribution in [3.63, 3.8) is 0 Å². The van der Waals surface area contributed by atoms with Gasteiger partial charge in [0.2, 0.25) is 0 Å². The van der Waals surface area contributed by atoms with E-state index in [0.29, 0.717) is 6.61 Å². The van der Waals surface area contributed by atoms with E-state index in [2.05, 4.69) is 41.3 Å². The number of likely N-dealkylation sites (tertiary alicyclic amines) is 1. The summed E-state index contributed by atoms with van der Waals surface area (Å²) in [6, 6.07) is 0.271. The second-order valence-corrected chi connectivity index (χ2v) is 5.81. The molecule has 0 aromatic carbocycles. The molecule has 20 heavy (non-hydrogen) atoms. The average molecular weight is 284 g/mol. The van der Waals surface area contributed by atoms with E-state index < -0.39 is 0 Å². The molecule has 1 aliphatic heterocycles. The van der Waals surface area contributed by atoms with Gasteiger partial charge in [-0.05, 0) is 39.2 Å². The lowest BCUT2D eigenvalue weighted by Crippen LogP contribution is -2.44. The SMILES string of the molecule is CCNC(=NCCN1CCCC(C)C1)NC(C)COC. The van der Waals surface area contributed by atoms with Gasteiger partial charge in [-0.15, -0.1) is 0 Å². The van der Waals surface area contributed by atoms with Crippen molar-refractivity contribution >= 4 is 5.96 Å². The molecule has 0 radical (unpaired) electrons. The van der Waals surface area contributed by atoms with Crippen molar-refractivity contribution in [3.05, 3.63) is 0 Å². The summed E-state index contributed by atoms with van der Waals surface area (Å²) in [4.78, 5) is 7.18. The fraction of sp³-hybridized carbons (Fsp3) is 0.933. The van der Waals surface area contributed by atoms with Crippen LogP contribution < -0.4 is 10.6 Å². The molecule has 0 aromatic rings. The molecule has 5 nitrogen and oxygen atoms in total. The molecular weight excluding hydrogens is 252 g/mol. The molecule has 1 heterocycles. The third-order valence-corrected chi connectivity index (χ3v) is 3.57. The number of nitrogens with one attached hydrogen (secondary N) is 2. The van der Waals surface area contributed by atoms with Gasteiger partial charge in [0.25, 0.3) is 0 Å². The largest absolute Gasteiger partial charge is 0.383 e. The third-order valence-electron chi connectivity index (χ3n) is 3.57. The Morgan fingerprint density at radius 3 is 2.95 bits per heavy atom. The molecule has 2 unspecified atom stereocenters. The standard InChI is InChI=1S/C15H32N4O/c1-5-16-15(18-14(3)12-20-4)17-8-10-19-9-6-7-13(2)11-19/h13-14H,5-12H2,1-4H3,(H2,16,17,18). The Bertz CT molecular complexity index is 283. The predicted molar refractivity (Wildman–Crippen MR) is 85.3 cm³/mol. The van der Waals surface area contributed by atoms with E-state index in [1.807, 2.05) is 0 Å². The summed E-state index contributed by atoms with van der Waals surface area (Å²) in [6.07, 6.45) is 2.70. The normalized spacial score (nSPS) is 22.6.